The molecule has 1 aliphatic heterocycles. The molecule has 1 aliphatic rings. The minimum Gasteiger partial charge on any atom is -0.425 e. The van der Waals surface area contributed by atoms with Crippen LogP contribution >= 0.6 is 0 Å². The normalized spacial score (nSPS) is 23.0. The average Bonchev–Trinajstić information content (AvgIpc) is 2.39. The van der Waals surface area contributed by atoms with Crippen molar-refractivity contribution in [1.29, 1.82) is 0 Å². The van der Waals surface area contributed by atoms with Gasteiger partial charge in [-0.2, -0.15) is 0 Å². The van der Waals surface area contributed by atoms with Gasteiger partial charge >= 0.3 is 0 Å². The molecule has 0 aliphatic carbocycles. The predicted molar refractivity (Wildman–Crippen MR) is 123 cm³/mol. The summed E-state index contributed by atoms with van der Waals surface area (Å²) < 4.78 is 43.8. The molecule has 0 atom stereocenters. The van der Waals surface area contributed by atoms with Gasteiger partial charge in [-0.3, -0.25) is 0 Å². The van der Waals surface area contributed by atoms with Gasteiger partial charge in [0, 0.05) is 0 Å². The summed E-state index contributed by atoms with van der Waals surface area (Å²) in [6, 6.07) is 0. The summed E-state index contributed by atoms with van der Waals surface area (Å²) in [6.45, 7) is 18.1. The van der Waals surface area contributed by atoms with E-state index in [0.29, 0.717) is 10.2 Å². The molecule has 8 nitrogen and oxygen atoms in total. The summed E-state index contributed by atoms with van der Waals surface area (Å²) in [5.41, 5.74) is -1.79. The monoisotopic (exact) mass is 492 g/mol. The summed E-state index contributed by atoms with van der Waals surface area (Å²) in [5, 5.41) is 0. The van der Waals surface area contributed by atoms with Gasteiger partial charge in [0.25, 0.3) is 50.0 Å². The highest BCUT2D eigenvalue weighted by atomic mass is 28.4. The highest BCUT2D eigenvalue weighted by Crippen LogP contribution is 2.29. The Labute approximate surface area is 179 Å². The third-order valence-electron chi connectivity index (χ3n) is 2.31. The highest BCUT2D eigenvalue weighted by molar-refractivity contribution is 6.50. The molecule has 1 rings (SSSR count). The van der Waals surface area contributed by atoms with Gasteiger partial charge in [0.2, 0.25) is 5.60 Å². The first-order valence-corrected chi connectivity index (χ1v) is 15.9. The van der Waals surface area contributed by atoms with Crippen LogP contribution in [0.5, 0.6) is 0 Å². The molecule has 0 aromatic carbocycles. The van der Waals surface area contributed by atoms with Crippen molar-refractivity contribution < 1.29 is 34.8 Å². The molecular formula is C13H40O8Si6. The summed E-state index contributed by atoms with van der Waals surface area (Å²) >= 11 is 0. The first-order chi connectivity index (χ1) is 12.1. The highest BCUT2D eigenvalue weighted by Gasteiger charge is 2.39. The third kappa shape index (κ3) is 20.0. The summed E-state index contributed by atoms with van der Waals surface area (Å²) in [7, 11) is -2.97. The molecule has 0 radical (unpaired) electrons. The van der Waals surface area contributed by atoms with Gasteiger partial charge in [0.05, 0.1) is 16.8 Å². The fourth-order valence-electron chi connectivity index (χ4n) is 2.20. The molecule has 1 heterocycles. The Morgan fingerprint density at radius 1 is 0.481 bits per heavy atom. The van der Waals surface area contributed by atoms with Crippen LogP contribution in [0.3, 0.4) is 0 Å². The molecule has 0 aromatic heterocycles. The number of hydrogen-bond donors (Lipinski definition) is 0. The topological polar surface area (TPSA) is 73.8 Å². The first kappa shape index (κ1) is 28.0. The lowest BCUT2D eigenvalue weighted by molar-refractivity contribution is -0.399. The van der Waals surface area contributed by atoms with Crippen LogP contribution in [0.2, 0.25) is 0 Å². The van der Waals surface area contributed by atoms with Crippen molar-refractivity contribution >= 4 is 60.3 Å². The van der Waals surface area contributed by atoms with Gasteiger partial charge in [-0.25, -0.2) is 0 Å². The fraction of sp³-hybridized carbons (Fsp3) is 1.00. The zero-order chi connectivity index (χ0) is 21.2. The van der Waals surface area contributed by atoms with Crippen LogP contribution in [-0.2, 0) is 34.8 Å². The Kier molecular flexibility index (Phi) is 13.1. The Hall–Kier alpha value is 0.981. The van der Waals surface area contributed by atoms with Crippen LogP contribution in [0.1, 0.15) is 62.3 Å². The van der Waals surface area contributed by atoms with Gasteiger partial charge in [0.15, 0.2) is 0 Å². The van der Waals surface area contributed by atoms with E-state index in [1.807, 2.05) is 62.3 Å². The molecule has 0 N–H and O–H groups in total. The zero-order valence-electron chi connectivity index (χ0n) is 18.8. The molecule has 0 saturated carbocycles. The fourth-order valence-corrected chi connectivity index (χ4v) is 13.1. The molecule has 0 unspecified atom stereocenters. The maximum absolute atomic E-state index is 5.99. The van der Waals surface area contributed by atoms with E-state index < -0.39 is 55.6 Å². The standard InChI is InChI=1S/C13H30O3Si.H10O5Si5/c1-10(2,3)14-13(17,15-11(4,5)6)16-12(7,8)9;1-6-2-8-4-10-5-9-3-7-1/h1-9,17H3;6-10H2. The summed E-state index contributed by atoms with van der Waals surface area (Å²) in [4.78, 5) is 0. The number of ether oxygens (including phenoxy) is 3. The van der Waals surface area contributed by atoms with Crippen LogP contribution < -0.4 is 0 Å². The minimum atomic E-state index is -0.908. The molecular weight excluding hydrogens is 453 g/mol. The van der Waals surface area contributed by atoms with Crippen molar-refractivity contribution in [2.45, 2.75) is 84.7 Å². The van der Waals surface area contributed by atoms with E-state index in [0.717, 1.165) is 0 Å². The number of hydrogen-bond acceptors (Lipinski definition) is 8. The molecule has 1 saturated heterocycles. The lowest BCUT2D eigenvalue weighted by Crippen LogP contribution is -2.52. The second-order valence-electron chi connectivity index (χ2n) is 9.12. The van der Waals surface area contributed by atoms with Crippen LogP contribution in [0.15, 0.2) is 0 Å². The van der Waals surface area contributed by atoms with E-state index in [9.17, 15) is 0 Å². The summed E-state index contributed by atoms with van der Waals surface area (Å²) in [6.07, 6.45) is 0. The molecule has 0 amide bonds. The largest absolute Gasteiger partial charge is 0.425 e. The van der Waals surface area contributed by atoms with Crippen LogP contribution in [-0.4, -0.2) is 82.7 Å². The average molecular weight is 493 g/mol. The van der Waals surface area contributed by atoms with Gasteiger partial charge in [-0.15, -0.1) is 0 Å². The van der Waals surface area contributed by atoms with Crippen molar-refractivity contribution in [3.63, 3.8) is 0 Å². The van der Waals surface area contributed by atoms with Crippen molar-refractivity contribution in [1.82, 2.24) is 0 Å². The maximum Gasteiger partial charge on any atom is 0.286 e. The second kappa shape index (κ2) is 12.6. The quantitative estimate of drug-likeness (QED) is 0.316. The molecule has 27 heavy (non-hydrogen) atoms. The van der Waals surface area contributed by atoms with Crippen LogP contribution in [0, 0.1) is 0 Å². The van der Waals surface area contributed by atoms with Gasteiger partial charge in [-0.1, -0.05) is 0 Å². The lowest BCUT2D eigenvalue weighted by Gasteiger charge is -2.43. The first-order valence-electron chi connectivity index (χ1n) is 9.11. The van der Waals surface area contributed by atoms with E-state index >= 15 is 0 Å². The number of rotatable bonds is 3. The van der Waals surface area contributed by atoms with Crippen molar-refractivity contribution in [3.8, 4) is 0 Å². The summed E-state index contributed by atoms with van der Waals surface area (Å²) in [5.74, 6) is 0. The molecule has 1 fully saturated rings. The van der Waals surface area contributed by atoms with Crippen molar-refractivity contribution in [2.75, 3.05) is 0 Å². The van der Waals surface area contributed by atoms with E-state index in [-0.39, 0.29) is 16.8 Å². The molecule has 0 bridgehead atoms. The molecule has 164 valence electrons. The van der Waals surface area contributed by atoms with E-state index in [1.165, 1.54) is 0 Å². The third-order valence-corrected chi connectivity index (χ3v) is 9.59. The van der Waals surface area contributed by atoms with Gasteiger partial charge < -0.3 is 34.8 Å². The van der Waals surface area contributed by atoms with Gasteiger partial charge in [0.1, 0.15) is 10.2 Å². The van der Waals surface area contributed by atoms with Crippen molar-refractivity contribution in [3.05, 3.63) is 0 Å². The maximum atomic E-state index is 5.99. The van der Waals surface area contributed by atoms with E-state index in [1.54, 1.807) is 0 Å². The van der Waals surface area contributed by atoms with Crippen molar-refractivity contribution in [2.24, 2.45) is 0 Å². The predicted octanol–water partition coefficient (Wildman–Crippen LogP) is -2.51. The van der Waals surface area contributed by atoms with Crippen LogP contribution in [0.4, 0.5) is 0 Å². The molecule has 0 spiro atoms. The smallest absolute Gasteiger partial charge is 0.286 e. The Bertz CT molecular complexity index is 322. The zero-order valence-corrected chi connectivity index (χ0v) is 27.9. The second-order valence-corrected chi connectivity index (χ2v) is 19.7. The Morgan fingerprint density at radius 2 is 0.667 bits per heavy atom. The Morgan fingerprint density at radius 3 is 0.815 bits per heavy atom. The van der Waals surface area contributed by atoms with E-state index in [2.05, 4.69) is 0 Å². The molecule has 14 heteroatoms. The molecule has 0 aromatic rings. The lowest BCUT2D eigenvalue weighted by atomic mass is 10.2. The minimum absolute atomic E-state index is 0.293. The Balaban J connectivity index is 0.000000569. The van der Waals surface area contributed by atoms with Crippen LogP contribution in [0.25, 0.3) is 0 Å². The SMILES string of the molecule is CC(C)(C)OC([SiH3])(OC(C)(C)C)OC(C)(C)C.O1[SiH2]O[SiH2]O[SiH2]O[SiH2]O[SiH2]1. The van der Waals surface area contributed by atoms with E-state index in [4.69, 9.17) is 34.8 Å². The van der Waals surface area contributed by atoms with Gasteiger partial charge in [-0.05, 0) is 62.3 Å².